The Balaban J connectivity index is 1.88. The van der Waals surface area contributed by atoms with E-state index in [0.29, 0.717) is 23.5 Å². The van der Waals surface area contributed by atoms with Gasteiger partial charge in [0.2, 0.25) is 0 Å². The molecule has 0 saturated heterocycles. The lowest BCUT2D eigenvalue weighted by Crippen LogP contribution is -2.23. The van der Waals surface area contributed by atoms with E-state index in [-0.39, 0.29) is 23.2 Å². The molecule has 3 rings (SSSR count). The van der Waals surface area contributed by atoms with Gasteiger partial charge in [-0.25, -0.2) is 9.07 Å². The number of hydrogen-bond donors (Lipinski definition) is 2. The van der Waals surface area contributed by atoms with Crippen LogP contribution in [0.15, 0.2) is 59.5 Å². The molecule has 144 valence electrons. The fraction of sp³-hybridized carbons (Fsp3) is 0.150. The number of aromatic nitrogens is 2. The van der Waals surface area contributed by atoms with Gasteiger partial charge in [-0.15, -0.1) is 0 Å². The maximum Gasteiger partial charge on any atom is 0.294 e. The summed E-state index contributed by atoms with van der Waals surface area (Å²) in [6.07, 6.45) is 1.40. The molecule has 1 aromatic heterocycles. The van der Waals surface area contributed by atoms with E-state index in [0.717, 1.165) is 0 Å². The van der Waals surface area contributed by atoms with Gasteiger partial charge >= 0.3 is 0 Å². The number of halogens is 1. The third-order valence-electron chi connectivity index (χ3n) is 3.90. The van der Waals surface area contributed by atoms with Crippen molar-refractivity contribution in [3.05, 3.63) is 76.5 Å². The number of nitrogens with one attached hydrogen (secondary N) is 2. The van der Waals surface area contributed by atoms with Crippen LogP contribution in [0.2, 0.25) is 0 Å². The molecule has 0 atom stereocenters. The molecular weight excluding hydrogens is 363 g/mol. The molecule has 0 radical (unpaired) electrons. The van der Waals surface area contributed by atoms with E-state index in [1.165, 1.54) is 42.2 Å². The van der Waals surface area contributed by atoms with Crippen molar-refractivity contribution in [1.82, 2.24) is 15.1 Å². The molecule has 28 heavy (non-hydrogen) atoms. The summed E-state index contributed by atoms with van der Waals surface area (Å²) in [4.78, 5) is 24.4. The zero-order valence-corrected chi connectivity index (χ0v) is 15.4. The van der Waals surface area contributed by atoms with Crippen molar-refractivity contribution < 1.29 is 13.9 Å². The molecule has 0 spiro atoms. The second-order valence-corrected chi connectivity index (χ2v) is 5.93. The number of rotatable bonds is 6. The molecule has 0 saturated carbocycles. The van der Waals surface area contributed by atoms with Crippen LogP contribution in [0.1, 0.15) is 17.3 Å². The van der Waals surface area contributed by atoms with Gasteiger partial charge in [-0.05, 0) is 55.5 Å². The maximum absolute atomic E-state index is 13.1. The number of anilines is 2. The van der Waals surface area contributed by atoms with Crippen LogP contribution < -0.4 is 20.9 Å². The van der Waals surface area contributed by atoms with Crippen molar-refractivity contribution in [3.63, 3.8) is 0 Å². The van der Waals surface area contributed by atoms with E-state index in [9.17, 15) is 14.0 Å². The lowest BCUT2D eigenvalue weighted by molar-refractivity contribution is 0.0956. The van der Waals surface area contributed by atoms with E-state index in [1.54, 1.807) is 24.3 Å². The summed E-state index contributed by atoms with van der Waals surface area (Å²) in [6.45, 7) is 2.38. The zero-order valence-electron chi connectivity index (χ0n) is 15.4. The third-order valence-corrected chi connectivity index (χ3v) is 3.90. The van der Waals surface area contributed by atoms with Crippen molar-refractivity contribution in [2.45, 2.75) is 6.92 Å². The Morgan fingerprint density at radius 2 is 1.82 bits per heavy atom. The quantitative estimate of drug-likeness (QED) is 0.684. The zero-order chi connectivity index (χ0) is 20.1. The van der Waals surface area contributed by atoms with Crippen LogP contribution in [-0.4, -0.2) is 22.2 Å². The molecule has 0 unspecified atom stereocenters. The molecule has 7 nitrogen and oxygen atoms in total. The van der Waals surface area contributed by atoms with E-state index < -0.39 is 5.56 Å². The summed E-state index contributed by atoms with van der Waals surface area (Å²) in [5.74, 6) is 0.00260. The van der Waals surface area contributed by atoms with Crippen molar-refractivity contribution in [1.29, 1.82) is 0 Å². The smallest absolute Gasteiger partial charge is 0.294 e. The number of benzene rings is 2. The summed E-state index contributed by atoms with van der Waals surface area (Å²) in [6, 6.07) is 12.1. The minimum atomic E-state index is -0.396. The second kappa shape index (κ2) is 8.34. The molecule has 3 aromatic rings. The average molecular weight is 382 g/mol. The SMILES string of the molecule is CCNC(=O)c1ccc(Nc2c(Oc3ccc(F)cc3)cnn(C)c2=O)cc1. The fourth-order valence-electron chi connectivity index (χ4n) is 2.46. The minimum Gasteiger partial charge on any atom is -0.453 e. The summed E-state index contributed by atoms with van der Waals surface area (Å²) in [5, 5.41) is 9.69. The summed E-state index contributed by atoms with van der Waals surface area (Å²) < 4.78 is 20.0. The summed E-state index contributed by atoms with van der Waals surface area (Å²) >= 11 is 0. The Labute approximate surface area is 160 Å². The van der Waals surface area contributed by atoms with Crippen LogP contribution in [0.4, 0.5) is 15.8 Å². The second-order valence-electron chi connectivity index (χ2n) is 5.93. The van der Waals surface area contributed by atoms with Crippen molar-refractivity contribution in [2.24, 2.45) is 7.05 Å². The highest BCUT2D eigenvalue weighted by atomic mass is 19.1. The molecule has 0 aliphatic carbocycles. The minimum absolute atomic E-state index is 0.172. The molecule has 0 aliphatic heterocycles. The van der Waals surface area contributed by atoms with Gasteiger partial charge in [-0.3, -0.25) is 9.59 Å². The Morgan fingerprint density at radius 3 is 2.46 bits per heavy atom. The fourth-order valence-corrected chi connectivity index (χ4v) is 2.46. The molecule has 0 aliphatic rings. The van der Waals surface area contributed by atoms with Crippen molar-refractivity contribution in [3.8, 4) is 11.5 Å². The normalized spacial score (nSPS) is 10.4. The van der Waals surface area contributed by atoms with Crippen LogP contribution >= 0.6 is 0 Å². The highest BCUT2D eigenvalue weighted by Gasteiger charge is 2.13. The topological polar surface area (TPSA) is 85.2 Å². The Hall–Kier alpha value is -3.68. The van der Waals surface area contributed by atoms with Gasteiger partial charge in [0.1, 0.15) is 11.6 Å². The van der Waals surface area contributed by atoms with Crippen LogP contribution in [0.3, 0.4) is 0 Å². The van der Waals surface area contributed by atoms with Gasteiger partial charge in [0.25, 0.3) is 11.5 Å². The van der Waals surface area contributed by atoms with Gasteiger partial charge in [-0.2, -0.15) is 5.10 Å². The van der Waals surface area contributed by atoms with Crippen LogP contribution in [0, 0.1) is 5.82 Å². The Kier molecular flexibility index (Phi) is 5.69. The van der Waals surface area contributed by atoms with Crippen LogP contribution in [0.5, 0.6) is 11.5 Å². The first kappa shape index (κ1) is 19.1. The number of aryl methyl sites for hydroxylation is 1. The Morgan fingerprint density at radius 1 is 1.14 bits per heavy atom. The third kappa shape index (κ3) is 4.35. The van der Waals surface area contributed by atoms with Gasteiger partial charge in [0, 0.05) is 24.8 Å². The van der Waals surface area contributed by atoms with E-state index >= 15 is 0 Å². The number of amides is 1. The lowest BCUT2D eigenvalue weighted by atomic mass is 10.2. The van der Waals surface area contributed by atoms with Crippen molar-refractivity contribution >= 4 is 17.3 Å². The largest absolute Gasteiger partial charge is 0.453 e. The standard InChI is InChI=1S/C20H19FN4O3/c1-3-22-19(26)13-4-8-15(9-5-13)24-18-17(12-23-25(2)20(18)27)28-16-10-6-14(21)7-11-16/h4-12,24H,3H2,1-2H3,(H,22,26). The van der Waals surface area contributed by atoms with Gasteiger partial charge in [0.05, 0.1) is 6.20 Å². The first-order valence-electron chi connectivity index (χ1n) is 8.63. The molecule has 1 heterocycles. The number of hydrogen-bond acceptors (Lipinski definition) is 5. The maximum atomic E-state index is 13.1. The van der Waals surface area contributed by atoms with Gasteiger partial charge in [-0.1, -0.05) is 0 Å². The molecule has 1 amide bonds. The first-order valence-corrected chi connectivity index (χ1v) is 8.63. The lowest BCUT2D eigenvalue weighted by Gasteiger charge is -2.13. The number of ether oxygens (including phenoxy) is 1. The van der Waals surface area contributed by atoms with Gasteiger partial charge < -0.3 is 15.4 Å². The molecular formula is C20H19FN4O3. The summed E-state index contributed by atoms with van der Waals surface area (Å²) in [5.41, 5.74) is 0.887. The van der Waals surface area contributed by atoms with E-state index in [2.05, 4.69) is 15.7 Å². The Bertz CT molecular complexity index is 1030. The molecule has 8 heteroatoms. The predicted molar refractivity (Wildman–Crippen MR) is 104 cm³/mol. The first-order chi connectivity index (χ1) is 13.5. The van der Waals surface area contributed by atoms with Gasteiger partial charge in [0.15, 0.2) is 11.4 Å². The number of nitrogens with zero attached hydrogens (tertiary/aromatic N) is 2. The highest BCUT2D eigenvalue weighted by molar-refractivity contribution is 5.94. The van der Waals surface area contributed by atoms with Crippen molar-refractivity contribution in [2.75, 3.05) is 11.9 Å². The molecule has 2 aromatic carbocycles. The monoisotopic (exact) mass is 382 g/mol. The average Bonchev–Trinajstić information content (AvgIpc) is 2.70. The number of carbonyl (C=O) groups excluding carboxylic acids is 1. The molecule has 0 fully saturated rings. The molecule has 0 bridgehead atoms. The molecule has 2 N–H and O–H groups in total. The summed E-state index contributed by atoms with van der Waals surface area (Å²) in [7, 11) is 1.52. The highest BCUT2D eigenvalue weighted by Crippen LogP contribution is 2.28. The predicted octanol–water partition coefficient (Wildman–Crippen LogP) is 3.21. The van der Waals surface area contributed by atoms with Crippen LogP contribution in [0.25, 0.3) is 0 Å². The van der Waals surface area contributed by atoms with Crippen LogP contribution in [-0.2, 0) is 7.05 Å². The van der Waals surface area contributed by atoms with E-state index in [1.807, 2.05) is 6.92 Å². The van der Waals surface area contributed by atoms with E-state index in [4.69, 9.17) is 4.74 Å². The number of carbonyl (C=O) groups is 1.